The van der Waals surface area contributed by atoms with Gasteiger partial charge in [0.2, 0.25) is 5.88 Å². The van der Waals surface area contributed by atoms with Crippen molar-refractivity contribution in [1.82, 2.24) is 25.1 Å². The quantitative estimate of drug-likeness (QED) is 0.461. The van der Waals surface area contributed by atoms with Gasteiger partial charge in [-0.3, -0.25) is 14.9 Å². The number of nitrogens with zero attached hydrogens (tertiary/aromatic N) is 6. The zero-order chi connectivity index (χ0) is 27.6. The number of pyridine rings is 2. The van der Waals surface area contributed by atoms with Crippen molar-refractivity contribution < 1.29 is 32.6 Å². The van der Waals surface area contributed by atoms with E-state index in [4.69, 9.17) is 14.6 Å². The minimum atomic E-state index is -5.08. The van der Waals surface area contributed by atoms with Gasteiger partial charge >= 0.3 is 18.2 Å². The molecule has 0 saturated carbocycles. The first kappa shape index (κ1) is 26.9. The molecule has 3 N–H and O–H groups in total. The lowest BCUT2D eigenvalue weighted by Gasteiger charge is -2.34. The van der Waals surface area contributed by atoms with Crippen molar-refractivity contribution in [3.63, 3.8) is 0 Å². The van der Waals surface area contributed by atoms with Gasteiger partial charge in [-0.2, -0.15) is 23.3 Å². The highest BCUT2D eigenvalue weighted by Crippen LogP contribution is 2.34. The number of aryl methyl sites for hydroxylation is 1. The van der Waals surface area contributed by atoms with Crippen LogP contribution in [0.2, 0.25) is 0 Å². The number of fused-ring (bicyclic) bond motifs is 2. The third-order valence-corrected chi connectivity index (χ3v) is 6.05. The molecule has 2 aliphatic heterocycles. The second kappa shape index (κ2) is 10.7. The summed E-state index contributed by atoms with van der Waals surface area (Å²) in [4.78, 5) is 35.0. The third-order valence-electron chi connectivity index (χ3n) is 6.05. The fraction of sp³-hybridized carbons (Fsp3) is 0.435. The molecule has 3 aromatic heterocycles. The van der Waals surface area contributed by atoms with Crippen LogP contribution in [0.25, 0.3) is 10.9 Å². The van der Waals surface area contributed by atoms with Crippen LogP contribution in [-0.2, 0) is 18.3 Å². The fourth-order valence-electron chi connectivity index (χ4n) is 4.42. The number of halogens is 3. The van der Waals surface area contributed by atoms with Crippen molar-refractivity contribution in [2.24, 2.45) is 7.05 Å². The Labute approximate surface area is 215 Å². The highest BCUT2D eigenvalue weighted by Gasteiger charge is 2.38. The molecular formula is C23H27F3N8O4. The van der Waals surface area contributed by atoms with E-state index in [9.17, 15) is 18.0 Å². The van der Waals surface area contributed by atoms with Crippen LogP contribution in [0.4, 0.5) is 35.3 Å². The van der Waals surface area contributed by atoms with Crippen LogP contribution in [0.15, 0.2) is 24.5 Å². The Bertz CT molecular complexity index is 1350. The Morgan fingerprint density at radius 1 is 1.29 bits per heavy atom. The lowest BCUT2D eigenvalue weighted by molar-refractivity contribution is -0.192. The first-order valence-corrected chi connectivity index (χ1v) is 11.7. The van der Waals surface area contributed by atoms with Crippen LogP contribution in [0.5, 0.6) is 5.88 Å². The molecule has 5 heterocycles. The van der Waals surface area contributed by atoms with E-state index in [1.54, 1.807) is 29.0 Å². The zero-order valence-corrected chi connectivity index (χ0v) is 20.9. The second-order valence-corrected chi connectivity index (χ2v) is 8.83. The topological polar surface area (TPSA) is 138 Å². The number of aromatic nitrogens is 4. The van der Waals surface area contributed by atoms with E-state index < -0.39 is 12.1 Å². The predicted molar refractivity (Wildman–Crippen MR) is 133 cm³/mol. The summed E-state index contributed by atoms with van der Waals surface area (Å²) in [6.45, 7) is 5.61. The van der Waals surface area contributed by atoms with E-state index in [2.05, 4.69) is 43.6 Å². The molecule has 0 aliphatic carbocycles. The molecule has 2 aliphatic rings. The molecule has 0 spiro atoms. The van der Waals surface area contributed by atoms with Gasteiger partial charge in [0, 0.05) is 68.3 Å². The Balaban J connectivity index is 0.000000426. The molecule has 3 aromatic rings. The van der Waals surface area contributed by atoms with Crippen LogP contribution >= 0.6 is 0 Å². The largest absolute Gasteiger partial charge is 0.490 e. The Morgan fingerprint density at radius 3 is 2.68 bits per heavy atom. The van der Waals surface area contributed by atoms with E-state index >= 15 is 0 Å². The average molecular weight is 537 g/mol. The van der Waals surface area contributed by atoms with Gasteiger partial charge in [0.1, 0.15) is 11.6 Å². The van der Waals surface area contributed by atoms with Crippen molar-refractivity contribution in [1.29, 1.82) is 0 Å². The number of carbonyl (C=O) groups is 2. The van der Waals surface area contributed by atoms with E-state index in [1.165, 1.54) is 5.69 Å². The molecule has 0 bridgehead atoms. The van der Waals surface area contributed by atoms with Gasteiger partial charge in [0.15, 0.2) is 5.52 Å². The second-order valence-electron chi connectivity index (χ2n) is 8.83. The van der Waals surface area contributed by atoms with Crippen LogP contribution in [0.1, 0.15) is 12.5 Å². The van der Waals surface area contributed by atoms with Gasteiger partial charge in [-0.05, 0) is 25.5 Å². The summed E-state index contributed by atoms with van der Waals surface area (Å²) in [6.07, 6.45) is -0.652. The number of alkyl halides is 3. The van der Waals surface area contributed by atoms with Crippen molar-refractivity contribution >= 4 is 40.2 Å². The maximum atomic E-state index is 13.1. The summed E-state index contributed by atoms with van der Waals surface area (Å²) in [5.41, 5.74) is 2.95. The SMILES string of the molecule is COc1nc(NC(=O)N2CCc3c(N4CCN[C@@H](C)C4)ccnc32)cc2cn(C)nc12.O=C(O)C(F)(F)F. The minimum absolute atomic E-state index is 0.255. The number of hydrogen-bond donors (Lipinski definition) is 3. The molecular weight excluding hydrogens is 509 g/mol. The van der Waals surface area contributed by atoms with Crippen LogP contribution in [0, 0.1) is 0 Å². The highest BCUT2D eigenvalue weighted by atomic mass is 19.4. The predicted octanol–water partition coefficient (Wildman–Crippen LogP) is 2.40. The number of carboxylic acid groups (broad SMARTS) is 1. The first-order chi connectivity index (χ1) is 18.0. The van der Waals surface area contributed by atoms with Gasteiger partial charge in [0.05, 0.1) is 7.11 Å². The number of nitrogens with one attached hydrogen (secondary N) is 2. The number of carbonyl (C=O) groups excluding carboxylic acids is 1. The number of ether oxygens (including phenoxy) is 1. The first-order valence-electron chi connectivity index (χ1n) is 11.7. The summed E-state index contributed by atoms with van der Waals surface area (Å²) in [7, 11) is 3.38. The van der Waals surface area contributed by atoms with E-state index in [1.807, 2.05) is 13.2 Å². The standard InChI is InChI=1S/C21H26N8O2.C2HF3O2/c1-13-11-28(9-7-22-13)16-4-6-23-19-15(16)5-8-29(19)21(30)25-17-10-14-12-27(2)26-18(14)20(24-17)31-3;3-2(4,5)1(6)7/h4,6,10,12-13,22H,5,7-9,11H2,1-3H3,(H,25,30);(H,6,7)/t13-;/m0./s1. The van der Waals surface area contributed by atoms with Gasteiger partial charge < -0.3 is 20.1 Å². The number of aliphatic carboxylic acids is 1. The number of rotatable bonds is 3. The lowest BCUT2D eigenvalue weighted by atomic mass is 10.1. The van der Waals surface area contributed by atoms with Gasteiger partial charge in [-0.25, -0.2) is 14.6 Å². The van der Waals surface area contributed by atoms with Gasteiger partial charge in [-0.15, -0.1) is 0 Å². The fourth-order valence-corrected chi connectivity index (χ4v) is 4.42. The molecule has 1 fully saturated rings. The Hall–Kier alpha value is -4.14. The van der Waals surface area contributed by atoms with E-state index in [0.29, 0.717) is 29.8 Å². The third kappa shape index (κ3) is 5.72. The number of piperazine rings is 1. The monoisotopic (exact) mass is 536 g/mol. The Morgan fingerprint density at radius 2 is 2.03 bits per heavy atom. The van der Waals surface area contributed by atoms with Crippen LogP contribution in [0.3, 0.4) is 0 Å². The zero-order valence-electron chi connectivity index (χ0n) is 20.9. The smallest absolute Gasteiger partial charge is 0.479 e. The summed E-state index contributed by atoms with van der Waals surface area (Å²) in [5.74, 6) is -1.24. The lowest BCUT2D eigenvalue weighted by Crippen LogP contribution is -2.49. The van der Waals surface area contributed by atoms with Crippen LogP contribution in [-0.4, -0.2) is 82.4 Å². The molecule has 0 radical (unpaired) electrons. The molecule has 2 amide bonds. The normalized spacial score (nSPS) is 17.1. The van der Waals surface area contributed by atoms with E-state index in [0.717, 1.165) is 42.8 Å². The number of carboxylic acids is 1. The average Bonchev–Trinajstić information content (AvgIpc) is 3.46. The van der Waals surface area contributed by atoms with Crippen molar-refractivity contribution in [3.8, 4) is 5.88 Å². The highest BCUT2D eigenvalue weighted by molar-refractivity contribution is 6.03. The maximum Gasteiger partial charge on any atom is 0.490 e. The van der Waals surface area contributed by atoms with E-state index in [-0.39, 0.29) is 6.03 Å². The molecule has 0 aromatic carbocycles. The minimum Gasteiger partial charge on any atom is -0.479 e. The molecule has 204 valence electrons. The number of urea groups is 1. The summed E-state index contributed by atoms with van der Waals surface area (Å²) >= 11 is 0. The molecule has 15 heteroatoms. The molecule has 0 unspecified atom stereocenters. The summed E-state index contributed by atoms with van der Waals surface area (Å²) in [6, 6.07) is 4.03. The maximum absolute atomic E-state index is 13.1. The van der Waals surface area contributed by atoms with Crippen molar-refractivity contribution in [2.75, 3.05) is 48.4 Å². The Kier molecular flexibility index (Phi) is 7.57. The number of hydrogen-bond acceptors (Lipinski definition) is 8. The molecule has 5 rings (SSSR count). The van der Waals surface area contributed by atoms with Crippen molar-refractivity contribution in [2.45, 2.75) is 25.6 Å². The number of methoxy groups -OCH3 is 1. The summed E-state index contributed by atoms with van der Waals surface area (Å²) < 4.78 is 38.8. The molecule has 1 atom stereocenters. The summed E-state index contributed by atoms with van der Waals surface area (Å²) in [5, 5.41) is 18.7. The van der Waals surface area contributed by atoms with Gasteiger partial charge in [-0.1, -0.05) is 0 Å². The van der Waals surface area contributed by atoms with Crippen LogP contribution < -0.4 is 25.2 Å². The number of amides is 2. The number of anilines is 3. The molecule has 12 nitrogen and oxygen atoms in total. The molecule has 1 saturated heterocycles. The van der Waals surface area contributed by atoms with Crippen molar-refractivity contribution in [3.05, 3.63) is 30.1 Å². The van der Waals surface area contributed by atoms with Gasteiger partial charge in [0.25, 0.3) is 0 Å². The molecule has 38 heavy (non-hydrogen) atoms.